The normalized spacial score (nSPS) is 9.56. The Morgan fingerprint density at radius 1 is 0.559 bits per heavy atom. The molecule has 0 aliphatic heterocycles. The molecule has 5 nitrogen and oxygen atoms in total. The number of nitro groups is 1. The third-order valence-corrected chi connectivity index (χ3v) is 4.69. The average molecular weight is 456 g/mol. The van der Waals surface area contributed by atoms with E-state index < -0.39 is 4.92 Å². The van der Waals surface area contributed by atoms with Crippen molar-refractivity contribution >= 4 is 28.4 Å². The van der Waals surface area contributed by atoms with Crippen LogP contribution in [0.15, 0.2) is 97.1 Å². The second-order valence-corrected chi connectivity index (χ2v) is 7.67. The zero-order valence-corrected chi connectivity index (χ0v) is 20.5. The van der Waals surface area contributed by atoms with Gasteiger partial charge in [0.1, 0.15) is 0 Å². The summed E-state index contributed by atoms with van der Waals surface area (Å²) < 4.78 is 0. The first-order chi connectivity index (χ1) is 16.4. The molecule has 0 unspecified atom stereocenters. The standard InChI is InChI=1S/C14H15N.C13H12N2O2.C2H6/c1-11-5-3-7-13(9-11)15-14-8-4-6-12(2)10-14;1-10-4-2-5-11(8-10)14-12-6-3-7-13(9-12)15(16)17;1-2/h3-10,15H,1-2H3;2-9,14H,1H3;1-2H3. The van der Waals surface area contributed by atoms with Crippen molar-refractivity contribution in [2.45, 2.75) is 34.6 Å². The van der Waals surface area contributed by atoms with Crippen LogP contribution in [0, 0.1) is 30.9 Å². The lowest BCUT2D eigenvalue weighted by molar-refractivity contribution is -0.384. The number of nitrogens with zero attached hydrogens (tertiary/aromatic N) is 1. The van der Waals surface area contributed by atoms with Gasteiger partial charge < -0.3 is 10.6 Å². The predicted octanol–water partition coefficient (Wildman–Crippen LogP) is 8.72. The Labute approximate surface area is 202 Å². The highest BCUT2D eigenvalue weighted by atomic mass is 16.6. The minimum Gasteiger partial charge on any atom is -0.356 e. The maximum atomic E-state index is 10.6. The third kappa shape index (κ3) is 8.79. The molecule has 0 saturated carbocycles. The molecule has 5 heteroatoms. The molecule has 0 aromatic heterocycles. The van der Waals surface area contributed by atoms with Crippen molar-refractivity contribution in [1.82, 2.24) is 0 Å². The molecule has 2 N–H and O–H groups in total. The van der Waals surface area contributed by atoms with E-state index in [9.17, 15) is 10.1 Å². The lowest BCUT2D eigenvalue weighted by Gasteiger charge is -2.07. The quantitative estimate of drug-likeness (QED) is 0.233. The zero-order valence-electron chi connectivity index (χ0n) is 20.5. The van der Waals surface area contributed by atoms with Crippen LogP contribution >= 0.6 is 0 Å². The number of hydrogen-bond donors (Lipinski definition) is 2. The number of nitro benzene ring substituents is 1. The number of non-ortho nitro benzene ring substituents is 1. The van der Waals surface area contributed by atoms with Gasteiger partial charge in [0.2, 0.25) is 0 Å². The summed E-state index contributed by atoms with van der Waals surface area (Å²) in [6.07, 6.45) is 0. The van der Waals surface area contributed by atoms with Crippen LogP contribution in [0.1, 0.15) is 30.5 Å². The van der Waals surface area contributed by atoms with Crippen LogP contribution in [0.2, 0.25) is 0 Å². The summed E-state index contributed by atoms with van der Waals surface area (Å²) in [5.41, 5.74) is 7.68. The van der Waals surface area contributed by atoms with E-state index in [1.54, 1.807) is 12.1 Å². The summed E-state index contributed by atoms with van der Waals surface area (Å²) in [7, 11) is 0. The second kappa shape index (κ2) is 13.4. The Hall–Kier alpha value is -4.12. The Morgan fingerprint density at radius 2 is 0.882 bits per heavy atom. The first-order valence-electron chi connectivity index (χ1n) is 11.4. The van der Waals surface area contributed by atoms with E-state index in [0.717, 1.165) is 22.6 Å². The van der Waals surface area contributed by atoms with Crippen molar-refractivity contribution < 1.29 is 4.92 Å². The molecule has 176 valence electrons. The maximum Gasteiger partial charge on any atom is 0.271 e. The van der Waals surface area contributed by atoms with Crippen molar-refractivity contribution in [2.75, 3.05) is 10.6 Å². The molecule has 0 radical (unpaired) electrons. The summed E-state index contributed by atoms with van der Waals surface area (Å²) >= 11 is 0. The van der Waals surface area contributed by atoms with Gasteiger partial charge in [-0.05, 0) is 79.9 Å². The Balaban J connectivity index is 0.000000225. The van der Waals surface area contributed by atoms with Gasteiger partial charge >= 0.3 is 0 Å². The molecule has 4 aromatic carbocycles. The summed E-state index contributed by atoms with van der Waals surface area (Å²) in [6.45, 7) is 10.2. The van der Waals surface area contributed by atoms with Crippen molar-refractivity contribution in [3.05, 3.63) is 124 Å². The minimum absolute atomic E-state index is 0.0858. The first-order valence-corrected chi connectivity index (χ1v) is 11.4. The molecule has 0 heterocycles. The fraction of sp³-hybridized carbons (Fsp3) is 0.172. The van der Waals surface area contributed by atoms with Gasteiger partial charge in [-0.3, -0.25) is 10.1 Å². The lowest BCUT2D eigenvalue weighted by Crippen LogP contribution is -1.93. The molecule has 0 aliphatic carbocycles. The fourth-order valence-electron chi connectivity index (χ4n) is 3.20. The topological polar surface area (TPSA) is 67.2 Å². The number of nitrogens with one attached hydrogen (secondary N) is 2. The highest BCUT2D eigenvalue weighted by Gasteiger charge is 2.05. The summed E-state index contributed by atoms with van der Waals surface area (Å²) in [5.74, 6) is 0. The van der Waals surface area contributed by atoms with Gasteiger partial charge in [-0.15, -0.1) is 0 Å². The zero-order chi connectivity index (χ0) is 24.9. The molecule has 0 aliphatic rings. The van der Waals surface area contributed by atoms with Gasteiger partial charge in [0.05, 0.1) is 4.92 Å². The SMILES string of the molecule is CC.Cc1cccc(Nc2cccc(C)c2)c1.Cc1cccc(Nc2cccc([N+](=O)[O-])c2)c1. The molecule has 4 rings (SSSR count). The van der Waals surface area contributed by atoms with Crippen LogP contribution in [0.5, 0.6) is 0 Å². The highest BCUT2D eigenvalue weighted by molar-refractivity contribution is 5.63. The monoisotopic (exact) mass is 455 g/mol. The van der Waals surface area contributed by atoms with Crippen LogP contribution in [0.3, 0.4) is 0 Å². The third-order valence-electron chi connectivity index (χ3n) is 4.69. The molecule has 34 heavy (non-hydrogen) atoms. The van der Waals surface area contributed by atoms with E-state index in [-0.39, 0.29) is 5.69 Å². The van der Waals surface area contributed by atoms with E-state index in [1.807, 2.05) is 45.0 Å². The van der Waals surface area contributed by atoms with Crippen molar-refractivity contribution in [2.24, 2.45) is 0 Å². The Kier molecular flexibility index (Phi) is 10.3. The van der Waals surface area contributed by atoms with Crippen LogP contribution < -0.4 is 10.6 Å². The van der Waals surface area contributed by atoms with Crippen LogP contribution in [0.4, 0.5) is 28.4 Å². The molecular formula is C29H33N3O2. The molecular weight excluding hydrogens is 422 g/mol. The number of benzene rings is 4. The molecule has 0 spiro atoms. The number of hydrogen-bond acceptors (Lipinski definition) is 4. The summed E-state index contributed by atoms with van der Waals surface area (Å²) in [4.78, 5) is 10.2. The number of aryl methyl sites for hydroxylation is 3. The van der Waals surface area contributed by atoms with Gasteiger partial charge in [0.15, 0.2) is 0 Å². The van der Waals surface area contributed by atoms with E-state index in [2.05, 4.69) is 73.0 Å². The smallest absolute Gasteiger partial charge is 0.271 e. The van der Waals surface area contributed by atoms with Crippen LogP contribution in [0.25, 0.3) is 0 Å². The summed E-state index contributed by atoms with van der Waals surface area (Å²) in [6, 6.07) is 31.1. The minimum atomic E-state index is -0.401. The van der Waals surface area contributed by atoms with Crippen molar-refractivity contribution in [1.29, 1.82) is 0 Å². The van der Waals surface area contributed by atoms with E-state index in [4.69, 9.17) is 0 Å². The number of rotatable bonds is 5. The van der Waals surface area contributed by atoms with Gasteiger partial charge in [-0.1, -0.05) is 56.3 Å². The predicted molar refractivity (Wildman–Crippen MR) is 145 cm³/mol. The van der Waals surface area contributed by atoms with Crippen molar-refractivity contribution in [3.63, 3.8) is 0 Å². The first kappa shape index (κ1) is 26.1. The molecule has 0 bridgehead atoms. The van der Waals surface area contributed by atoms with Crippen LogP contribution in [-0.4, -0.2) is 4.92 Å². The van der Waals surface area contributed by atoms with Gasteiger partial charge in [-0.25, -0.2) is 0 Å². The van der Waals surface area contributed by atoms with Crippen LogP contribution in [-0.2, 0) is 0 Å². The van der Waals surface area contributed by atoms with E-state index in [0.29, 0.717) is 5.69 Å². The largest absolute Gasteiger partial charge is 0.356 e. The van der Waals surface area contributed by atoms with E-state index >= 15 is 0 Å². The molecule has 0 fully saturated rings. The lowest BCUT2D eigenvalue weighted by atomic mass is 10.2. The summed E-state index contributed by atoms with van der Waals surface area (Å²) in [5, 5.41) is 17.2. The second-order valence-electron chi connectivity index (χ2n) is 7.67. The van der Waals surface area contributed by atoms with Gasteiger partial charge in [-0.2, -0.15) is 0 Å². The van der Waals surface area contributed by atoms with E-state index in [1.165, 1.54) is 23.3 Å². The molecule has 0 atom stereocenters. The fourth-order valence-corrected chi connectivity index (χ4v) is 3.20. The molecule has 0 amide bonds. The van der Waals surface area contributed by atoms with Crippen molar-refractivity contribution in [3.8, 4) is 0 Å². The Bertz CT molecular complexity index is 1160. The Morgan fingerprint density at radius 3 is 1.21 bits per heavy atom. The maximum absolute atomic E-state index is 10.6. The average Bonchev–Trinajstić information content (AvgIpc) is 2.81. The molecule has 0 saturated heterocycles. The molecule has 4 aromatic rings. The highest BCUT2D eigenvalue weighted by Crippen LogP contribution is 2.22. The number of anilines is 4. The van der Waals surface area contributed by atoms with Gasteiger partial charge in [0, 0.05) is 34.9 Å². The van der Waals surface area contributed by atoms with Gasteiger partial charge in [0.25, 0.3) is 5.69 Å².